The Hall–Kier alpha value is -0.900. The molecule has 16 heavy (non-hydrogen) atoms. The minimum atomic E-state index is -3.37. The van der Waals surface area contributed by atoms with Crippen molar-refractivity contribution in [1.82, 2.24) is 0 Å². The zero-order chi connectivity index (χ0) is 12.5. The van der Waals surface area contributed by atoms with Gasteiger partial charge in [0.15, 0.2) is 0 Å². The molecule has 0 fully saturated rings. The van der Waals surface area contributed by atoms with Crippen molar-refractivity contribution >= 4 is 44.0 Å². The number of sulfonamides is 1. The third-order valence-corrected chi connectivity index (χ3v) is 3.26. The summed E-state index contributed by atoms with van der Waals surface area (Å²) in [5, 5.41) is 10.6. The highest BCUT2D eigenvalue weighted by molar-refractivity contribution is 14.1. The third kappa shape index (κ3) is 3.30. The summed E-state index contributed by atoms with van der Waals surface area (Å²) in [7, 11) is -3.37. The SMILES string of the molecule is Cc1cc(NS(C)(=O)=O)c(I)cc1[N+](=O)[O-]. The van der Waals surface area contributed by atoms with Crippen LogP contribution in [0.15, 0.2) is 12.1 Å². The van der Waals surface area contributed by atoms with E-state index in [1.807, 2.05) is 22.6 Å². The summed E-state index contributed by atoms with van der Waals surface area (Å²) < 4.78 is 24.9. The molecule has 1 aromatic rings. The Bertz CT molecular complexity index is 541. The van der Waals surface area contributed by atoms with E-state index in [1.165, 1.54) is 12.1 Å². The van der Waals surface area contributed by atoms with Crippen LogP contribution in [0.1, 0.15) is 5.56 Å². The summed E-state index contributed by atoms with van der Waals surface area (Å²) in [4.78, 5) is 10.1. The largest absolute Gasteiger partial charge is 0.283 e. The van der Waals surface area contributed by atoms with Gasteiger partial charge in [-0.1, -0.05) is 0 Å². The van der Waals surface area contributed by atoms with E-state index in [4.69, 9.17) is 0 Å². The van der Waals surface area contributed by atoms with Crippen molar-refractivity contribution in [2.75, 3.05) is 11.0 Å². The fraction of sp³-hybridized carbons (Fsp3) is 0.250. The van der Waals surface area contributed by atoms with Gasteiger partial charge < -0.3 is 0 Å². The van der Waals surface area contributed by atoms with Crippen LogP contribution < -0.4 is 4.72 Å². The van der Waals surface area contributed by atoms with Crippen LogP contribution in [0, 0.1) is 20.6 Å². The third-order valence-electron chi connectivity index (χ3n) is 1.78. The molecule has 0 spiro atoms. The molecule has 0 radical (unpaired) electrons. The first-order valence-electron chi connectivity index (χ1n) is 4.13. The van der Waals surface area contributed by atoms with Crippen molar-refractivity contribution in [3.05, 3.63) is 31.4 Å². The van der Waals surface area contributed by atoms with Crippen molar-refractivity contribution in [3.63, 3.8) is 0 Å². The molecule has 0 aliphatic carbocycles. The molecule has 0 amide bonds. The second-order valence-corrected chi connectivity index (χ2v) is 6.16. The van der Waals surface area contributed by atoms with Crippen LogP contribution in [0.3, 0.4) is 0 Å². The standard InChI is InChI=1S/C8H9IN2O4S/c1-5-3-7(10-16(2,14)15)6(9)4-8(5)11(12)13/h3-4,10H,1-2H3. The molecule has 0 bridgehead atoms. The van der Waals surface area contributed by atoms with E-state index >= 15 is 0 Å². The lowest BCUT2D eigenvalue weighted by Gasteiger charge is -2.07. The Morgan fingerprint density at radius 1 is 1.44 bits per heavy atom. The van der Waals surface area contributed by atoms with Crippen molar-refractivity contribution < 1.29 is 13.3 Å². The summed E-state index contributed by atoms with van der Waals surface area (Å²) in [6.07, 6.45) is 1.03. The Morgan fingerprint density at radius 2 is 2.00 bits per heavy atom. The first-order chi connectivity index (χ1) is 7.20. The van der Waals surface area contributed by atoms with Gasteiger partial charge in [-0.15, -0.1) is 0 Å². The van der Waals surface area contributed by atoms with Crippen LogP contribution in [0.25, 0.3) is 0 Å². The molecule has 0 atom stereocenters. The lowest BCUT2D eigenvalue weighted by molar-refractivity contribution is -0.385. The van der Waals surface area contributed by atoms with Gasteiger partial charge in [0.25, 0.3) is 5.69 Å². The number of aryl methyl sites for hydroxylation is 1. The van der Waals surface area contributed by atoms with Crippen LogP contribution >= 0.6 is 22.6 Å². The zero-order valence-corrected chi connectivity index (χ0v) is 11.5. The monoisotopic (exact) mass is 356 g/mol. The van der Waals surface area contributed by atoms with Crippen molar-refractivity contribution in [2.24, 2.45) is 0 Å². The number of nitro benzene ring substituents is 1. The number of hydrogen-bond donors (Lipinski definition) is 1. The number of anilines is 1. The van der Waals surface area contributed by atoms with Gasteiger partial charge in [-0.05, 0) is 35.6 Å². The molecule has 0 unspecified atom stereocenters. The number of halogens is 1. The maximum Gasteiger partial charge on any atom is 0.273 e. The van der Waals surface area contributed by atoms with E-state index in [0.717, 1.165) is 6.26 Å². The Kier molecular flexibility index (Phi) is 3.73. The molecule has 0 saturated carbocycles. The zero-order valence-electron chi connectivity index (χ0n) is 8.52. The molecule has 1 N–H and O–H groups in total. The van der Waals surface area contributed by atoms with Gasteiger partial charge in [0, 0.05) is 15.2 Å². The lowest BCUT2D eigenvalue weighted by Crippen LogP contribution is -2.11. The molecule has 0 aliphatic rings. The topological polar surface area (TPSA) is 89.3 Å². The molecule has 1 aromatic carbocycles. The molecule has 0 aromatic heterocycles. The highest BCUT2D eigenvalue weighted by Crippen LogP contribution is 2.28. The fourth-order valence-electron chi connectivity index (χ4n) is 1.15. The molecule has 6 nitrogen and oxygen atoms in total. The van der Waals surface area contributed by atoms with Gasteiger partial charge >= 0.3 is 0 Å². The lowest BCUT2D eigenvalue weighted by atomic mass is 10.2. The van der Waals surface area contributed by atoms with E-state index in [-0.39, 0.29) is 5.69 Å². The smallest absolute Gasteiger partial charge is 0.273 e. The van der Waals surface area contributed by atoms with E-state index in [9.17, 15) is 18.5 Å². The van der Waals surface area contributed by atoms with Gasteiger partial charge in [-0.2, -0.15) is 0 Å². The van der Waals surface area contributed by atoms with Crippen LogP contribution in [-0.4, -0.2) is 19.6 Å². The van der Waals surface area contributed by atoms with E-state index in [2.05, 4.69) is 4.72 Å². The average molecular weight is 356 g/mol. The quantitative estimate of drug-likeness (QED) is 0.509. The van der Waals surface area contributed by atoms with Crippen LogP contribution in [0.5, 0.6) is 0 Å². The van der Waals surface area contributed by atoms with Crippen LogP contribution in [-0.2, 0) is 10.0 Å². The Morgan fingerprint density at radius 3 is 2.44 bits per heavy atom. The summed E-state index contributed by atoms with van der Waals surface area (Å²) in [5.41, 5.74) is 0.742. The van der Waals surface area contributed by atoms with Gasteiger partial charge in [0.2, 0.25) is 10.0 Å². The molecule has 0 heterocycles. The first kappa shape index (κ1) is 13.2. The van der Waals surface area contributed by atoms with Crippen LogP contribution in [0.4, 0.5) is 11.4 Å². The normalized spacial score (nSPS) is 11.2. The maximum absolute atomic E-state index is 11.0. The maximum atomic E-state index is 11.0. The average Bonchev–Trinajstić information content (AvgIpc) is 2.07. The first-order valence-corrected chi connectivity index (χ1v) is 7.10. The highest BCUT2D eigenvalue weighted by atomic mass is 127. The number of nitrogens with one attached hydrogen (secondary N) is 1. The summed E-state index contributed by atoms with van der Waals surface area (Å²) >= 11 is 1.84. The van der Waals surface area contributed by atoms with Gasteiger partial charge in [0.05, 0.1) is 16.9 Å². The minimum Gasteiger partial charge on any atom is -0.283 e. The molecular weight excluding hydrogens is 347 g/mol. The summed E-state index contributed by atoms with van der Waals surface area (Å²) in [6, 6.07) is 2.78. The predicted octanol–water partition coefficient (Wildman–Crippen LogP) is 1.88. The second kappa shape index (κ2) is 4.53. The molecule has 1 rings (SSSR count). The summed E-state index contributed by atoms with van der Waals surface area (Å²) in [6.45, 7) is 1.56. The van der Waals surface area contributed by atoms with Crippen molar-refractivity contribution in [2.45, 2.75) is 6.92 Å². The minimum absolute atomic E-state index is 0.0246. The van der Waals surface area contributed by atoms with Crippen molar-refractivity contribution in [3.8, 4) is 0 Å². The fourth-order valence-corrected chi connectivity index (χ4v) is 2.48. The predicted molar refractivity (Wildman–Crippen MR) is 69.0 cm³/mol. The molecular formula is C8H9IN2O4S. The van der Waals surface area contributed by atoms with Crippen molar-refractivity contribution in [1.29, 1.82) is 0 Å². The summed E-state index contributed by atoms with van der Waals surface area (Å²) in [5.74, 6) is 0. The number of benzene rings is 1. The molecule has 8 heteroatoms. The Labute approximate surface area is 106 Å². The highest BCUT2D eigenvalue weighted by Gasteiger charge is 2.15. The number of hydrogen-bond acceptors (Lipinski definition) is 4. The van der Waals surface area contributed by atoms with Crippen LogP contribution in [0.2, 0.25) is 0 Å². The van der Waals surface area contributed by atoms with E-state index in [0.29, 0.717) is 14.8 Å². The molecule has 88 valence electrons. The van der Waals surface area contributed by atoms with Gasteiger partial charge in [-0.25, -0.2) is 8.42 Å². The van der Waals surface area contributed by atoms with Gasteiger partial charge in [0.1, 0.15) is 0 Å². The number of nitrogens with zero attached hydrogens (tertiary/aromatic N) is 1. The molecule has 0 aliphatic heterocycles. The Balaban J connectivity index is 3.26. The van der Waals surface area contributed by atoms with E-state index < -0.39 is 14.9 Å². The van der Waals surface area contributed by atoms with Gasteiger partial charge in [-0.3, -0.25) is 14.8 Å². The number of rotatable bonds is 3. The second-order valence-electron chi connectivity index (χ2n) is 3.25. The number of nitro groups is 1. The van der Waals surface area contributed by atoms with E-state index in [1.54, 1.807) is 6.92 Å². The molecule has 0 saturated heterocycles.